The molecular weight excluding hydrogens is 454 g/mol. The Labute approximate surface area is 210 Å². The van der Waals surface area contributed by atoms with Crippen LogP contribution in [0.25, 0.3) is 21.2 Å². The summed E-state index contributed by atoms with van der Waals surface area (Å²) in [6, 6.07) is 16.8. The Hall–Kier alpha value is -2.54. The van der Waals surface area contributed by atoms with E-state index >= 15 is 0 Å². The standard InChI is InChI=1S/C29H33N3O2S/c33-28(20-6-2-1-3-7-20)30-23-10-4-8-21(16-23)24-11-5-9-22-17-26(35-27(22)24)29(34)31-25-18-32-14-12-19(25)13-15-32/h4-5,8-11,16-17,19-20,25H,1-3,6-7,12-15,18H2,(H,30,33)(H,31,34)/p+1/t25-/m0/s1. The predicted octanol–water partition coefficient (Wildman–Crippen LogP) is 4.69. The molecule has 7 rings (SSSR count). The molecule has 1 aromatic heterocycles. The second-order valence-electron chi connectivity index (χ2n) is 10.6. The Morgan fingerprint density at radius 2 is 1.74 bits per heavy atom. The lowest BCUT2D eigenvalue weighted by Crippen LogP contribution is -2.84. The number of carbonyl (C=O) groups excluding carboxylic acids is 2. The Morgan fingerprint density at radius 3 is 2.51 bits per heavy atom. The Morgan fingerprint density at radius 1 is 0.943 bits per heavy atom. The average Bonchev–Trinajstić information content (AvgIpc) is 3.35. The fourth-order valence-corrected chi connectivity index (χ4v) is 7.33. The van der Waals surface area contributed by atoms with Crippen LogP contribution in [0.3, 0.4) is 0 Å². The molecule has 1 aliphatic carbocycles. The van der Waals surface area contributed by atoms with E-state index in [1.54, 1.807) is 11.3 Å². The van der Waals surface area contributed by atoms with Crippen LogP contribution in [0, 0.1) is 11.8 Å². The maximum absolute atomic E-state index is 13.2. The molecule has 0 spiro atoms. The molecule has 6 heteroatoms. The summed E-state index contributed by atoms with van der Waals surface area (Å²) in [6.45, 7) is 3.33. The van der Waals surface area contributed by atoms with E-state index in [-0.39, 0.29) is 23.8 Å². The molecule has 2 aromatic carbocycles. The number of hydrogen-bond donors (Lipinski definition) is 2. The number of nitrogens with one attached hydrogen (secondary N) is 1. The molecule has 2 bridgehead atoms. The summed E-state index contributed by atoms with van der Waals surface area (Å²) >= 11 is 1.58. The van der Waals surface area contributed by atoms with Crippen molar-refractivity contribution in [3.05, 3.63) is 53.4 Å². The largest absolute Gasteiger partial charge is 0.347 e. The van der Waals surface area contributed by atoms with Gasteiger partial charge in [-0.15, -0.1) is 11.3 Å². The van der Waals surface area contributed by atoms with Crippen molar-refractivity contribution >= 4 is 38.9 Å². The monoisotopic (exact) mass is 488 g/mol. The number of carbonyl (C=O) groups is 2. The minimum Gasteiger partial charge on any atom is -0.347 e. The molecular formula is C29H34N3O2S+. The van der Waals surface area contributed by atoms with Crippen LogP contribution in [0.1, 0.15) is 54.6 Å². The van der Waals surface area contributed by atoms with Gasteiger partial charge in [0.25, 0.3) is 5.91 Å². The molecule has 1 atom stereocenters. The second-order valence-corrected chi connectivity index (χ2v) is 11.6. The molecule has 4 heterocycles. The van der Waals surface area contributed by atoms with E-state index in [4.69, 9.17) is 0 Å². The SMILES string of the molecule is O=C(N[C@H]1CN2CCC1CC2)c1cc2cccc(-c3cccc([NH2+]C(=O)C4CCCCC4)c3)c2s1. The summed E-state index contributed by atoms with van der Waals surface area (Å²) in [5, 5.41) is 6.27. The maximum Gasteiger partial charge on any atom is 0.318 e. The molecule has 4 fully saturated rings. The molecule has 0 unspecified atom stereocenters. The lowest BCUT2D eigenvalue weighted by atomic mass is 9.84. The molecule has 3 saturated heterocycles. The van der Waals surface area contributed by atoms with Crippen molar-refractivity contribution < 1.29 is 14.9 Å². The molecule has 1 saturated carbocycles. The third-order valence-electron chi connectivity index (χ3n) is 8.25. The molecule has 0 radical (unpaired) electrons. The third kappa shape index (κ3) is 4.80. The van der Waals surface area contributed by atoms with Crippen LogP contribution in [0.5, 0.6) is 0 Å². The zero-order valence-electron chi connectivity index (χ0n) is 20.2. The second kappa shape index (κ2) is 9.84. The summed E-state index contributed by atoms with van der Waals surface area (Å²) in [5.41, 5.74) is 3.17. The minimum atomic E-state index is 0.0519. The summed E-state index contributed by atoms with van der Waals surface area (Å²) < 4.78 is 1.13. The number of hydrogen-bond acceptors (Lipinski definition) is 4. The van der Waals surface area contributed by atoms with Crippen LogP contribution in [0.15, 0.2) is 48.5 Å². The fourth-order valence-electron chi connectivity index (χ4n) is 6.24. The zero-order valence-corrected chi connectivity index (χ0v) is 21.0. The van der Waals surface area contributed by atoms with Gasteiger partial charge in [0.1, 0.15) is 5.69 Å². The number of primary amides is 1. The maximum atomic E-state index is 13.2. The average molecular weight is 489 g/mol. The van der Waals surface area contributed by atoms with Gasteiger partial charge in [-0.2, -0.15) is 0 Å². The van der Waals surface area contributed by atoms with E-state index in [2.05, 4.69) is 40.5 Å². The van der Waals surface area contributed by atoms with E-state index in [0.717, 1.165) is 51.2 Å². The van der Waals surface area contributed by atoms with Crippen molar-refractivity contribution in [1.82, 2.24) is 10.2 Å². The van der Waals surface area contributed by atoms with Crippen LogP contribution in [-0.4, -0.2) is 42.4 Å². The van der Waals surface area contributed by atoms with Crippen molar-refractivity contribution in [3.63, 3.8) is 0 Å². The highest BCUT2D eigenvalue weighted by Gasteiger charge is 2.35. The molecule has 35 heavy (non-hydrogen) atoms. The number of thiophene rings is 1. The first-order valence-electron chi connectivity index (χ1n) is 13.2. The van der Waals surface area contributed by atoms with E-state index in [9.17, 15) is 9.59 Å². The number of rotatable bonds is 5. The molecule has 3 aliphatic heterocycles. The highest BCUT2D eigenvalue weighted by Crippen LogP contribution is 2.36. The number of nitrogens with two attached hydrogens (primary N) is 1. The number of nitrogens with zero attached hydrogens (tertiary/aromatic N) is 1. The smallest absolute Gasteiger partial charge is 0.318 e. The van der Waals surface area contributed by atoms with Gasteiger partial charge >= 0.3 is 5.91 Å². The topological polar surface area (TPSA) is 66.0 Å². The van der Waals surface area contributed by atoms with Crippen LogP contribution < -0.4 is 10.6 Å². The van der Waals surface area contributed by atoms with E-state index < -0.39 is 0 Å². The van der Waals surface area contributed by atoms with Crippen molar-refractivity contribution in [2.24, 2.45) is 11.8 Å². The van der Waals surface area contributed by atoms with Crippen molar-refractivity contribution in [2.45, 2.75) is 51.0 Å². The van der Waals surface area contributed by atoms with Crippen LogP contribution in [0.2, 0.25) is 0 Å². The Bertz CT molecular complexity index is 1240. The molecule has 182 valence electrons. The van der Waals surface area contributed by atoms with Gasteiger partial charge in [0.05, 0.1) is 10.8 Å². The zero-order chi connectivity index (χ0) is 23.8. The normalized spacial score (nSPS) is 24.5. The van der Waals surface area contributed by atoms with Gasteiger partial charge in [-0.05, 0) is 73.3 Å². The van der Waals surface area contributed by atoms with Gasteiger partial charge < -0.3 is 10.2 Å². The highest BCUT2D eigenvalue weighted by atomic mass is 32.1. The number of piperidine rings is 3. The van der Waals surface area contributed by atoms with E-state index in [1.807, 2.05) is 23.5 Å². The van der Waals surface area contributed by atoms with Crippen molar-refractivity contribution in [3.8, 4) is 11.1 Å². The molecule has 3 N–H and O–H groups in total. The predicted molar refractivity (Wildman–Crippen MR) is 141 cm³/mol. The van der Waals surface area contributed by atoms with Gasteiger partial charge in [0.15, 0.2) is 0 Å². The van der Waals surface area contributed by atoms with Crippen molar-refractivity contribution in [1.29, 1.82) is 0 Å². The summed E-state index contributed by atoms with van der Waals surface area (Å²) in [5.74, 6) is 1.12. The molecule has 5 nitrogen and oxygen atoms in total. The highest BCUT2D eigenvalue weighted by molar-refractivity contribution is 7.21. The quantitative estimate of drug-likeness (QED) is 0.512. The van der Waals surface area contributed by atoms with Crippen LogP contribution >= 0.6 is 11.3 Å². The van der Waals surface area contributed by atoms with E-state index in [0.29, 0.717) is 5.92 Å². The Kier molecular flexibility index (Phi) is 6.44. The number of amides is 2. The lowest BCUT2D eigenvalue weighted by molar-refractivity contribution is -0.488. The first-order valence-corrected chi connectivity index (χ1v) is 14.0. The number of quaternary nitrogens is 1. The molecule has 3 aromatic rings. The number of fused-ring (bicyclic) bond motifs is 4. The van der Waals surface area contributed by atoms with Gasteiger partial charge in [0.2, 0.25) is 0 Å². The Balaban J connectivity index is 1.22. The first kappa shape index (κ1) is 22.9. The lowest BCUT2D eigenvalue weighted by Gasteiger charge is -2.44. The van der Waals surface area contributed by atoms with Crippen molar-refractivity contribution in [2.75, 3.05) is 19.6 Å². The van der Waals surface area contributed by atoms with Crippen LogP contribution in [0.4, 0.5) is 5.69 Å². The van der Waals surface area contributed by atoms with E-state index in [1.165, 1.54) is 45.2 Å². The van der Waals surface area contributed by atoms with Crippen LogP contribution in [-0.2, 0) is 4.79 Å². The summed E-state index contributed by atoms with van der Waals surface area (Å²) in [7, 11) is 0. The fraction of sp³-hybridized carbons (Fsp3) is 0.448. The summed E-state index contributed by atoms with van der Waals surface area (Å²) in [6.07, 6.45) is 8.02. The third-order valence-corrected chi connectivity index (χ3v) is 9.44. The first-order chi connectivity index (χ1) is 17.1. The van der Waals surface area contributed by atoms with Gasteiger partial charge in [-0.1, -0.05) is 49.6 Å². The molecule has 2 amide bonds. The number of benzene rings is 2. The summed E-state index contributed by atoms with van der Waals surface area (Å²) in [4.78, 5) is 29.2. The molecule has 4 aliphatic rings. The van der Waals surface area contributed by atoms with Gasteiger partial charge in [0, 0.05) is 23.4 Å². The van der Waals surface area contributed by atoms with Gasteiger partial charge in [-0.25, -0.2) is 4.79 Å². The minimum absolute atomic E-state index is 0.0519. The van der Waals surface area contributed by atoms with Gasteiger partial charge in [-0.3, -0.25) is 10.1 Å².